The first-order valence-electron chi connectivity index (χ1n) is 7.97. The zero-order valence-corrected chi connectivity index (χ0v) is 13.7. The summed E-state index contributed by atoms with van der Waals surface area (Å²) in [6, 6.07) is 14.3. The maximum Gasteiger partial charge on any atom is 0.253 e. The standard InChI is InChI=1S/C18H15N7O/c26-18(17(24-10-4-9-21-24)14-5-2-1-3-6-14)23-15-7-8-16(20-11-15)25-13-19-12-22-25/h1-13,17H,(H,23,26)/t17-/m1/s1. The molecule has 4 aromatic rings. The van der Waals surface area contributed by atoms with Gasteiger partial charge in [0.25, 0.3) is 5.91 Å². The molecule has 0 radical (unpaired) electrons. The predicted molar refractivity (Wildman–Crippen MR) is 94.6 cm³/mol. The van der Waals surface area contributed by atoms with E-state index in [0.29, 0.717) is 11.5 Å². The van der Waals surface area contributed by atoms with E-state index < -0.39 is 6.04 Å². The van der Waals surface area contributed by atoms with Crippen LogP contribution in [0.1, 0.15) is 11.6 Å². The molecule has 1 amide bonds. The molecule has 0 aliphatic carbocycles. The largest absolute Gasteiger partial charge is 0.323 e. The lowest BCUT2D eigenvalue weighted by Gasteiger charge is -2.18. The molecule has 4 rings (SSSR count). The van der Waals surface area contributed by atoms with E-state index in [1.54, 1.807) is 52.5 Å². The van der Waals surface area contributed by atoms with Crippen LogP contribution < -0.4 is 5.32 Å². The number of hydrogen-bond donors (Lipinski definition) is 1. The highest BCUT2D eigenvalue weighted by atomic mass is 16.2. The molecular formula is C18H15N7O. The summed E-state index contributed by atoms with van der Waals surface area (Å²) < 4.78 is 3.17. The molecule has 0 unspecified atom stereocenters. The van der Waals surface area contributed by atoms with Crippen LogP contribution in [0.3, 0.4) is 0 Å². The summed E-state index contributed by atoms with van der Waals surface area (Å²) in [7, 11) is 0. The highest BCUT2D eigenvalue weighted by molar-refractivity contribution is 5.95. The fourth-order valence-corrected chi connectivity index (χ4v) is 2.63. The predicted octanol–water partition coefficient (Wildman–Crippen LogP) is 2.09. The van der Waals surface area contributed by atoms with Gasteiger partial charge in [-0.1, -0.05) is 30.3 Å². The molecule has 0 bridgehead atoms. The quantitative estimate of drug-likeness (QED) is 0.598. The van der Waals surface area contributed by atoms with Gasteiger partial charge in [0.2, 0.25) is 0 Å². The van der Waals surface area contributed by atoms with Gasteiger partial charge in [0.05, 0.1) is 11.9 Å². The molecule has 1 aromatic carbocycles. The second-order valence-corrected chi connectivity index (χ2v) is 5.53. The highest BCUT2D eigenvalue weighted by Crippen LogP contribution is 2.20. The maximum absolute atomic E-state index is 12.9. The molecule has 8 nitrogen and oxygen atoms in total. The number of aromatic nitrogens is 6. The van der Waals surface area contributed by atoms with Gasteiger partial charge in [0, 0.05) is 12.4 Å². The minimum absolute atomic E-state index is 0.199. The first-order valence-corrected chi connectivity index (χ1v) is 7.97. The molecule has 3 heterocycles. The van der Waals surface area contributed by atoms with Gasteiger partial charge in [-0.25, -0.2) is 14.6 Å². The molecule has 1 atom stereocenters. The van der Waals surface area contributed by atoms with Crippen LogP contribution in [0.15, 0.2) is 79.8 Å². The smallest absolute Gasteiger partial charge is 0.253 e. The Morgan fingerprint density at radius 2 is 1.92 bits per heavy atom. The lowest BCUT2D eigenvalue weighted by Crippen LogP contribution is -2.27. The number of nitrogens with one attached hydrogen (secondary N) is 1. The molecule has 128 valence electrons. The van der Waals surface area contributed by atoms with Crippen molar-refractivity contribution in [2.24, 2.45) is 0 Å². The third-order valence-corrected chi connectivity index (χ3v) is 3.82. The third kappa shape index (κ3) is 3.20. The first-order chi connectivity index (χ1) is 12.8. The molecule has 0 aliphatic heterocycles. The summed E-state index contributed by atoms with van der Waals surface area (Å²) in [4.78, 5) is 21.1. The van der Waals surface area contributed by atoms with Gasteiger partial charge in [-0.15, -0.1) is 0 Å². The summed E-state index contributed by atoms with van der Waals surface area (Å²) >= 11 is 0. The van der Waals surface area contributed by atoms with Crippen molar-refractivity contribution >= 4 is 11.6 Å². The van der Waals surface area contributed by atoms with Crippen LogP contribution in [0, 0.1) is 0 Å². The fraction of sp³-hybridized carbons (Fsp3) is 0.0556. The number of carbonyl (C=O) groups excluding carboxylic acids is 1. The topological polar surface area (TPSA) is 90.5 Å². The summed E-state index contributed by atoms with van der Waals surface area (Å²) in [5.74, 6) is 0.419. The van der Waals surface area contributed by atoms with Crippen LogP contribution in [0.5, 0.6) is 0 Å². The normalized spacial score (nSPS) is 11.8. The van der Waals surface area contributed by atoms with Gasteiger partial charge < -0.3 is 5.32 Å². The number of nitrogens with zero attached hydrogens (tertiary/aromatic N) is 6. The molecule has 0 saturated carbocycles. The van der Waals surface area contributed by atoms with E-state index in [1.807, 2.05) is 30.3 Å². The van der Waals surface area contributed by atoms with Gasteiger partial charge in [0.1, 0.15) is 12.7 Å². The SMILES string of the molecule is O=C(Nc1ccc(-n2cncn2)nc1)[C@@H](c1ccccc1)n1cccn1. The van der Waals surface area contributed by atoms with E-state index in [2.05, 4.69) is 25.5 Å². The van der Waals surface area contributed by atoms with Crippen LogP contribution in [-0.4, -0.2) is 35.4 Å². The second-order valence-electron chi connectivity index (χ2n) is 5.53. The number of amides is 1. The van der Waals surface area contributed by atoms with Crippen molar-refractivity contribution in [3.05, 3.63) is 85.3 Å². The number of carbonyl (C=O) groups is 1. The number of hydrogen-bond acceptors (Lipinski definition) is 5. The monoisotopic (exact) mass is 345 g/mol. The Balaban J connectivity index is 1.57. The summed E-state index contributed by atoms with van der Waals surface area (Å²) in [6.45, 7) is 0. The summed E-state index contributed by atoms with van der Waals surface area (Å²) in [5, 5.41) is 11.1. The first kappa shape index (κ1) is 15.7. The molecule has 0 aliphatic rings. The Kier molecular flexibility index (Phi) is 4.21. The van der Waals surface area contributed by atoms with E-state index in [0.717, 1.165) is 5.56 Å². The van der Waals surface area contributed by atoms with Crippen molar-refractivity contribution in [3.63, 3.8) is 0 Å². The van der Waals surface area contributed by atoms with Crippen molar-refractivity contribution in [2.75, 3.05) is 5.32 Å². The minimum Gasteiger partial charge on any atom is -0.323 e. The van der Waals surface area contributed by atoms with Crippen molar-refractivity contribution in [1.29, 1.82) is 0 Å². The van der Waals surface area contributed by atoms with Crippen molar-refractivity contribution in [1.82, 2.24) is 29.5 Å². The van der Waals surface area contributed by atoms with E-state index in [4.69, 9.17) is 0 Å². The number of anilines is 1. The zero-order valence-electron chi connectivity index (χ0n) is 13.7. The second kappa shape index (κ2) is 6.98. The fourth-order valence-electron chi connectivity index (χ4n) is 2.63. The van der Waals surface area contributed by atoms with Crippen LogP contribution in [0.25, 0.3) is 5.82 Å². The average Bonchev–Trinajstić information content (AvgIpc) is 3.38. The molecule has 26 heavy (non-hydrogen) atoms. The highest BCUT2D eigenvalue weighted by Gasteiger charge is 2.23. The van der Waals surface area contributed by atoms with Gasteiger partial charge in [0.15, 0.2) is 11.9 Å². The van der Waals surface area contributed by atoms with Crippen LogP contribution in [0.2, 0.25) is 0 Å². The molecule has 0 saturated heterocycles. The van der Waals surface area contributed by atoms with Crippen LogP contribution in [-0.2, 0) is 4.79 Å². The Hall–Kier alpha value is -3.81. The van der Waals surface area contributed by atoms with Crippen LogP contribution >= 0.6 is 0 Å². The number of benzene rings is 1. The Bertz CT molecular complexity index is 964. The lowest BCUT2D eigenvalue weighted by molar-refractivity contribution is -0.118. The molecule has 8 heteroatoms. The van der Waals surface area contributed by atoms with Crippen LogP contribution in [0.4, 0.5) is 5.69 Å². The van der Waals surface area contributed by atoms with Gasteiger partial charge in [-0.3, -0.25) is 9.48 Å². The van der Waals surface area contributed by atoms with E-state index in [1.165, 1.54) is 6.33 Å². The van der Waals surface area contributed by atoms with Gasteiger partial charge in [-0.2, -0.15) is 10.2 Å². The van der Waals surface area contributed by atoms with Gasteiger partial charge in [-0.05, 0) is 23.8 Å². The lowest BCUT2D eigenvalue weighted by atomic mass is 10.1. The van der Waals surface area contributed by atoms with E-state index >= 15 is 0 Å². The summed E-state index contributed by atoms with van der Waals surface area (Å²) in [6.07, 6.45) is 8.00. The molecule has 0 spiro atoms. The number of rotatable bonds is 5. The Labute approximate surface area is 149 Å². The minimum atomic E-state index is -0.568. The molecule has 3 aromatic heterocycles. The molecular weight excluding hydrogens is 330 g/mol. The average molecular weight is 345 g/mol. The van der Waals surface area contributed by atoms with Gasteiger partial charge >= 0.3 is 0 Å². The Morgan fingerprint density at radius 1 is 1.04 bits per heavy atom. The molecule has 0 fully saturated rings. The van der Waals surface area contributed by atoms with E-state index in [9.17, 15) is 4.79 Å². The molecule has 1 N–H and O–H groups in total. The van der Waals surface area contributed by atoms with E-state index in [-0.39, 0.29) is 5.91 Å². The number of pyridine rings is 1. The van der Waals surface area contributed by atoms with Crippen molar-refractivity contribution in [3.8, 4) is 5.82 Å². The Morgan fingerprint density at radius 3 is 2.58 bits per heavy atom. The maximum atomic E-state index is 12.9. The zero-order chi connectivity index (χ0) is 17.8. The van der Waals surface area contributed by atoms with Crippen molar-refractivity contribution in [2.45, 2.75) is 6.04 Å². The van der Waals surface area contributed by atoms with Crippen molar-refractivity contribution < 1.29 is 4.79 Å². The summed E-state index contributed by atoms with van der Waals surface area (Å²) in [5.41, 5.74) is 1.44. The third-order valence-electron chi connectivity index (χ3n) is 3.82.